The lowest BCUT2D eigenvalue weighted by molar-refractivity contribution is -0.173. The number of anilines is 2. The van der Waals surface area contributed by atoms with Gasteiger partial charge in [0, 0.05) is 5.69 Å². The van der Waals surface area contributed by atoms with Crippen LogP contribution in [0.5, 0.6) is 0 Å². The number of benzene rings is 1. The van der Waals surface area contributed by atoms with Crippen LogP contribution in [0.25, 0.3) is 0 Å². The Kier molecular flexibility index (Phi) is 4.30. The lowest BCUT2D eigenvalue weighted by atomic mass is 9.47. The summed E-state index contributed by atoms with van der Waals surface area (Å²) in [5.41, 5.74) is 1.90. The predicted octanol–water partition coefficient (Wildman–Crippen LogP) is 4.64. The van der Waals surface area contributed by atoms with Crippen molar-refractivity contribution >= 4 is 28.9 Å². The van der Waals surface area contributed by atoms with Gasteiger partial charge in [0.05, 0.1) is 22.8 Å². The standard InChI is InChI=1S/C23H26ClN3O3/c1-13-3-4-14(2)17(5-13)26-18-11-25-27(20(28)19(18)24)23-9-15-6-16(10-23)8-22(7-15,12-23)21(29)30/h3-5,11,15-16,26H,6-10,12H2,1-2H3,(H,29,30). The van der Waals surface area contributed by atoms with Gasteiger partial charge < -0.3 is 10.4 Å². The van der Waals surface area contributed by atoms with Crippen molar-refractivity contribution in [2.75, 3.05) is 5.32 Å². The minimum atomic E-state index is -0.729. The smallest absolute Gasteiger partial charge is 0.309 e. The molecule has 30 heavy (non-hydrogen) atoms. The number of aromatic nitrogens is 2. The molecule has 4 bridgehead atoms. The molecule has 6 rings (SSSR count). The van der Waals surface area contributed by atoms with Gasteiger partial charge in [-0.25, -0.2) is 4.68 Å². The molecule has 6 nitrogen and oxygen atoms in total. The molecule has 2 aromatic rings. The normalized spacial score (nSPS) is 31.7. The van der Waals surface area contributed by atoms with Crippen LogP contribution in [0, 0.1) is 31.1 Å². The molecule has 4 aliphatic rings. The van der Waals surface area contributed by atoms with Gasteiger partial charge in [0.2, 0.25) is 0 Å². The first-order valence-electron chi connectivity index (χ1n) is 10.6. The first-order valence-corrected chi connectivity index (χ1v) is 11.0. The summed E-state index contributed by atoms with van der Waals surface area (Å²) in [5, 5.41) is 17.9. The number of nitrogens with one attached hydrogen (secondary N) is 1. The van der Waals surface area contributed by atoms with Crippen LogP contribution in [0.4, 0.5) is 11.4 Å². The van der Waals surface area contributed by atoms with E-state index in [0.29, 0.717) is 23.9 Å². The average molecular weight is 428 g/mol. The third-order valence-corrected chi connectivity index (χ3v) is 7.88. The topological polar surface area (TPSA) is 84.2 Å². The second-order valence-electron chi connectivity index (χ2n) is 9.80. The van der Waals surface area contributed by atoms with Gasteiger partial charge in [0.15, 0.2) is 0 Å². The number of carbonyl (C=O) groups is 1. The third-order valence-electron chi connectivity index (χ3n) is 7.51. The fraction of sp³-hybridized carbons (Fsp3) is 0.522. The molecule has 7 heteroatoms. The molecule has 1 aromatic carbocycles. The van der Waals surface area contributed by atoms with Gasteiger partial charge in [-0.3, -0.25) is 9.59 Å². The van der Waals surface area contributed by atoms with Gasteiger partial charge in [-0.2, -0.15) is 5.10 Å². The van der Waals surface area contributed by atoms with E-state index >= 15 is 0 Å². The number of hydrogen-bond acceptors (Lipinski definition) is 4. The monoisotopic (exact) mass is 427 g/mol. The van der Waals surface area contributed by atoms with Crippen molar-refractivity contribution in [3.8, 4) is 0 Å². The maximum Gasteiger partial charge on any atom is 0.309 e. The lowest BCUT2D eigenvalue weighted by Crippen LogP contribution is -2.61. The summed E-state index contributed by atoms with van der Waals surface area (Å²) >= 11 is 6.53. The second-order valence-corrected chi connectivity index (χ2v) is 10.2. The molecule has 4 saturated carbocycles. The van der Waals surface area contributed by atoms with E-state index in [9.17, 15) is 14.7 Å². The highest BCUT2D eigenvalue weighted by molar-refractivity contribution is 6.33. The number of carboxylic acids is 1. The van der Waals surface area contributed by atoms with Gasteiger partial charge in [0.1, 0.15) is 5.02 Å². The van der Waals surface area contributed by atoms with Crippen LogP contribution in [-0.2, 0) is 10.3 Å². The summed E-state index contributed by atoms with van der Waals surface area (Å²) in [4.78, 5) is 25.5. The number of halogens is 1. The van der Waals surface area contributed by atoms with E-state index in [4.69, 9.17) is 11.6 Å². The summed E-state index contributed by atoms with van der Waals surface area (Å²) < 4.78 is 1.51. The molecular weight excluding hydrogens is 402 g/mol. The molecule has 0 spiro atoms. The van der Waals surface area contributed by atoms with Crippen molar-refractivity contribution in [3.05, 3.63) is 50.9 Å². The molecule has 4 fully saturated rings. The lowest BCUT2D eigenvalue weighted by Gasteiger charge is -2.60. The summed E-state index contributed by atoms with van der Waals surface area (Å²) in [7, 11) is 0. The zero-order valence-corrected chi connectivity index (χ0v) is 18.0. The summed E-state index contributed by atoms with van der Waals surface area (Å²) in [5.74, 6) is -0.0570. The van der Waals surface area contributed by atoms with E-state index in [2.05, 4.69) is 10.4 Å². The molecule has 0 radical (unpaired) electrons. The minimum Gasteiger partial charge on any atom is -0.481 e. The van der Waals surface area contributed by atoms with Gasteiger partial charge in [-0.15, -0.1) is 0 Å². The largest absolute Gasteiger partial charge is 0.481 e. The fourth-order valence-electron chi connectivity index (χ4n) is 6.59. The SMILES string of the molecule is Cc1ccc(C)c(Nc2cnn(C34CC5CC(CC(C(=O)O)(C5)C3)C4)c(=O)c2Cl)c1. The number of aryl methyl sites for hydroxylation is 2. The summed E-state index contributed by atoms with van der Waals surface area (Å²) in [6, 6.07) is 6.05. The molecular formula is C23H26ClN3O3. The number of rotatable bonds is 4. The minimum absolute atomic E-state index is 0.103. The van der Waals surface area contributed by atoms with E-state index in [-0.39, 0.29) is 10.6 Å². The van der Waals surface area contributed by atoms with E-state index in [1.807, 2.05) is 32.0 Å². The Hall–Kier alpha value is -2.34. The molecule has 0 amide bonds. The van der Waals surface area contributed by atoms with E-state index in [0.717, 1.165) is 48.9 Å². The van der Waals surface area contributed by atoms with Gasteiger partial charge >= 0.3 is 5.97 Å². The van der Waals surface area contributed by atoms with Crippen molar-refractivity contribution in [1.82, 2.24) is 9.78 Å². The van der Waals surface area contributed by atoms with Crippen LogP contribution >= 0.6 is 11.6 Å². The highest BCUT2D eigenvalue weighted by Crippen LogP contribution is 2.63. The van der Waals surface area contributed by atoms with Crippen LogP contribution in [0.1, 0.15) is 49.7 Å². The summed E-state index contributed by atoms with van der Waals surface area (Å²) in [6.45, 7) is 4.00. The Bertz CT molecular complexity index is 1100. The van der Waals surface area contributed by atoms with Crippen LogP contribution in [0.2, 0.25) is 5.02 Å². The highest BCUT2D eigenvalue weighted by Gasteiger charge is 2.62. The van der Waals surface area contributed by atoms with E-state index in [1.165, 1.54) is 4.68 Å². The average Bonchev–Trinajstić information content (AvgIpc) is 2.67. The molecule has 158 valence electrons. The molecule has 0 aliphatic heterocycles. The predicted molar refractivity (Wildman–Crippen MR) is 115 cm³/mol. The van der Waals surface area contributed by atoms with Crippen molar-refractivity contribution in [3.63, 3.8) is 0 Å². The fourth-order valence-corrected chi connectivity index (χ4v) is 6.76. The van der Waals surface area contributed by atoms with Crippen molar-refractivity contribution in [2.24, 2.45) is 17.3 Å². The van der Waals surface area contributed by atoms with Crippen LogP contribution in [0.15, 0.2) is 29.2 Å². The maximum atomic E-state index is 13.3. The Morgan fingerprint density at radius 1 is 1.20 bits per heavy atom. The first kappa shape index (κ1) is 19.6. The van der Waals surface area contributed by atoms with Gasteiger partial charge in [-0.05, 0) is 81.4 Å². The molecule has 2 N–H and O–H groups in total. The maximum absolute atomic E-state index is 13.3. The number of carboxylic acid groups (broad SMARTS) is 1. The molecule has 1 heterocycles. The van der Waals surface area contributed by atoms with Crippen molar-refractivity contribution in [1.29, 1.82) is 0 Å². The Morgan fingerprint density at radius 2 is 1.90 bits per heavy atom. The number of nitrogens with zero attached hydrogens (tertiary/aromatic N) is 2. The van der Waals surface area contributed by atoms with Crippen LogP contribution in [-0.4, -0.2) is 20.9 Å². The molecule has 2 atom stereocenters. The van der Waals surface area contributed by atoms with E-state index < -0.39 is 16.9 Å². The molecule has 1 aromatic heterocycles. The van der Waals surface area contributed by atoms with Crippen molar-refractivity contribution in [2.45, 2.75) is 57.9 Å². The zero-order chi connectivity index (χ0) is 21.3. The van der Waals surface area contributed by atoms with Crippen molar-refractivity contribution < 1.29 is 9.90 Å². The van der Waals surface area contributed by atoms with E-state index in [1.54, 1.807) is 6.20 Å². The van der Waals surface area contributed by atoms with Gasteiger partial charge in [-0.1, -0.05) is 23.7 Å². The second kappa shape index (κ2) is 6.58. The molecule has 4 aliphatic carbocycles. The Labute approximate surface area is 180 Å². The summed E-state index contributed by atoms with van der Waals surface area (Å²) in [6.07, 6.45) is 6.19. The zero-order valence-electron chi connectivity index (χ0n) is 17.2. The van der Waals surface area contributed by atoms with Crippen LogP contribution in [0.3, 0.4) is 0 Å². The Balaban J connectivity index is 1.54. The highest BCUT2D eigenvalue weighted by atomic mass is 35.5. The van der Waals surface area contributed by atoms with Crippen LogP contribution < -0.4 is 10.9 Å². The number of hydrogen-bond donors (Lipinski definition) is 2. The quantitative estimate of drug-likeness (QED) is 0.742. The molecule has 2 unspecified atom stereocenters. The Morgan fingerprint density at radius 3 is 2.57 bits per heavy atom. The molecule has 0 saturated heterocycles. The number of aliphatic carboxylic acids is 1. The first-order chi connectivity index (χ1) is 14.2. The van der Waals surface area contributed by atoms with Gasteiger partial charge in [0.25, 0.3) is 5.56 Å². The third kappa shape index (κ3) is 2.88.